The molecule has 0 heterocycles. The first-order chi connectivity index (χ1) is 7.04. The molecule has 0 bridgehead atoms. The summed E-state index contributed by atoms with van der Waals surface area (Å²) in [5.74, 6) is 0. The van der Waals surface area contributed by atoms with Gasteiger partial charge in [-0.1, -0.05) is 34.1 Å². The third-order valence-electron chi connectivity index (χ3n) is 1.63. The Labute approximate surface area is 98.6 Å². The number of hydrogen-bond acceptors (Lipinski definition) is 2. The topological polar surface area (TPSA) is 6.48 Å². The Balaban J connectivity index is -0.000000166. The number of hydrogen-bond donors (Lipinski definition) is 0. The van der Waals surface area contributed by atoms with Gasteiger partial charge in [-0.15, -0.1) is 0 Å². The molecule has 96 valence electrons. The zero-order valence-corrected chi connectivity index (χ0v) is 12.4. The molecule has 0 N–H and O–H groups in total. The Bertz CT molecular complexity index is 80.6. The predicted molar refractivity (Wildman–Crippen MR) is 73.7 cm³/mol. The molecule has 2 heteroatoms. The van der Waals surface area contributed by atoms with Crippen molar-refractivity contribution in [3.05, 3.63) is 0 Å². The molecule has 0 rings (SSSR count). The molecule has 0 fully saturated rings. The van der Waals surface area contributed by atoms with Crippen molar-refractivity contribution in [3.8, 4) is 0 Å². The van der Waals surface area contributed by atoms with Crippen LogP contribution in [0.25, 0.3) is 0 Å². The van der Waals surface area contributed by atoms with Crippen LogP contribution in [0.1, 0.15) is 47.0 Å². The van der Waals surface area contributed by atoms with E-state index in [0.717, 1.165) is 0 Å². The van der Waals surface area contributed by atoms with Gasteiger partial charge in [0.25, 0.3) is 0 Å². The maximum atomic E-state index is 2.21. The molecular formula is C13H34N2. The fourth-order valence-electron chi connectivity index (χ4n) is 0.922. The Morgan fingerprint density at radius 3 is 1.13 bits per heavy atom. The van der Waals surface area contributed by atoms with E-state index < -0.39 is 0 Å². The average Bonchev–Trinajstić information content (AvgIpc) is 2.18. The van der Waals surface area contributed by atoms with Crippen molar-refractivity contribution in [2.45, 2.75) is 47.0 Å². The average molecular weight is 218 g/mol. The summed E-state index contributed by atoms with van der Waals surface area (Å²) in [5, 5.41) is 0. The summed E-state index contributed by atoms with van der Waals surface area (Å²) in [7, 11) is 8.39. The maximum Gasteiger partial charge on any atom is -0.00249 e. The molecule has 0 aliphatic rings. The van der Waals surface area contributed by atoms with Crippen LogP contribution in [0.15, 0.2) is 0 Å². The summed E-state index contributed by atoms with van der Waals surface area (Å²) in [4.78, 5) is 4.39. The van der Waals surface area contributed by atoms with Crippen LogP contribution in [0.3, 0.4) is 0 Å². The second-order valence-electron chi connectivity index (χ2n) is 3.96. The zero-order valence-electron chi connectivity index (χ0n) is 12.4. The minimum Gasteiger partial charge on any atom is -0.309 e. The Morgan fingerprint density at radius 2 is 1.07 bits per heavy atom. The van der Waals surface area contributed by atoms with Gasteiger partial charge < -0.3 is 9.80 Å². The lowest BCUT2D eigenvalue weighted by Crippen LogP contribution is -2.12. The van der Waals surface area contributed by atoms with E-state index in [9.17, 15) is 0 Å². The van der Waals surface area contributed by atoms with Gasteiger partial charge in [0.15, 0.2) is 0 Å². The van der Waals surface area contributed by atoms with Crippen molar-refractivity contribution < 1.29 is 0 Å². The van der Waals surface area contributed by atoms with Crippen LogP contribution in [0.5, 0.6) is 0 Å². The molecule has 0 spiro atoms. The van der Waals surface area contributed by atoms with E-state index in [2.05, 4.69) is 51.8 Å². The largest absolute Gasteiger partial charge is 0.309 e. The van der Waals surface area contributed by atoms with Crippen molar-refractivity contribution in [3.63, 3.8) is 0 Å². The van der Waals surface area contributed by atoms with E-state index in [1.165, 1.54) is 32.4 Å². The first kappa shape index (κ1) is 20.3. The third kappa shape index (κ3) is 41.3. The molecule has 15 heavy (non-hydrogen) atoms. The highest BCUT2D eigenvalue weighted by Crippen LogP contribution is 1.86. The molecule has 0 amide bonds. The van der Waals surface area contributed by atoms with Crippen LogP contribution in [0.2, 0.25) is 0 Å². The summed E-state index contributed by atoms with van der Waals surface area (Å²) < 4.78 is 0. The van der Waals surface area contributed by atoms with Crippen LogP contribution in [-0.4, -0.2) is 51.1 Å². The van der Waals surface area contributed by atoms with Crippen LogP contribution < -0.4 is 0 Å². The number of nitrogens with zero attached hydrogens (tertiary/aromatic N) is 2. The lowest BCUT2D eigenvalue weighted by molar-refractivity contribution is 0.398. The third-order valence-corrected chi connectivity index (χ3v) is 1.63. The van der Waals surface area contributed by atoms with Gasteiger partial charge >= 0.3 is 0 Å². The Kier molecular flexibility index (Phi) is 26.4. The standard InChI is InChI=1S/C6H15N.C5H13N.C2H6/c1-4-5-6-7(2)3;1-4-5-6(2)3;1-2/h4-6H2,1-3H3;4-5H2,1-3H3;1-2H3. The van der Waals surface area contributed by atoms with E-state index in [0.29, 0.717) is 0 Å². The van der Waals surface area contributed by atoms with Gasteiger partial charge in [-0.2, -0.15) is 0 Å². The predicted octanol–water partition coefficient (Wildman–Crippen LogP) is 3.33. The fraction of sp³-hybridized carbons (Fsp3) is 1.00. The summed E-state index contributed by atoms with van der Waals surface area (Å²) in [6, 6.07) is 0. The second-order valence-corrected chi connectivity index (χ2v) is 3.96. The molecule has 0 aliphatic heterocycles. The summed E-state index contributed by atoms with van der Waals surface area (Å²) in [5.41, 5.74) is 0. The summed E-state index contributed by atoms with van der Waals surface area (Å²) >= 11 is 0. The van der Waals surface area contributed by atoms with E-state index >= 15 is 0 Å². The lowest BCUT2D eigenvalue weighted by atomic mass is 10.3. The summed E-state index contributed by atoms with van der Waals surface area (Å²) in [6.07, 6.45) is 3.89. The van der Waals surface area contributed by atoms with E-state index in [4.69, 9.17) is 0 Å². The van der Waals surface area contributed by atoms with Crippen molar-refractivity contribution in [2.24, 2.45) is 0 Å². The first-order valence-corrected chi connectivity index (χ1v) is 6.34. The molecule has 0 saturated heterocycles. The van der Waals surface area contributed by atoms with Gasteiger partial charge in [0.1, 0.15) is 0 Å². The van der Waals surface area contributed by atoms with Crippen molar-refractivity contribution >= 4 is 0 Å². The number of unbranched alkanes of at least 4 members (excludes halogenated alkanes) is 1. The minimum absolute atomic E-state index is 1.21. The van der Waals surface area contributed by atoms with Crippen molar-refractivity contribution in [2.75, 3.05) is 41.3 Å². The normalized spacial score (nSPS) is 9.20. The minimum atomic E-state index is 1.21. The highest BCUT2D eigenvalue weighted by Gasteiger charge is 1.83. The molecule has 0 atom stereocenters. The highest BCUT2D eigenvalue weighted by atomic mass is 15.0. The second kappa shape index (κ2) is 19.5. The van der Waals surface area contributed by atoms with E-state index in [-0.39, 0.29) is 0 Å². The van der Waals surface area contributed by atoms with Crippen LogP contribution in [0, 0.1) is 0 Å². The van der Waals surface area contributed by atoms with Gasteiger partial charge in [-0.3, -0.25) is 0 Å². The van der Waals surface area contributed by atoms with Crippen LogP contribution >= 0.6 is 0 Å². The molecule has 0 aromatic heterocycles. The van der Waals surface area contributed by atoms with Gasteiger partial charge in [0.2, 0.25) is 0 Å². The number of rotatable bonds is 5. The van der Waals surface area contributed by atoms with E-state index in [1.807, 2.05) is 13.8 Å². The Hall–Kier alpha value is -0.0800. The fourth-order valence-corrected chi connectivity index (χ4v) is 0.922. The lowest BCUT2D eigenvalue weighted by Gasteiger charge is -2.05. The van der Waals surface area contributed by atoms with Gasteiger partial charge in [0.05, 0.1) is 0 Å². The molecule has 0 aromatic rings. The molecule has 0 aliphatic carbocycles. The smallest absolute Gasteiger partial charge is 0.00249 e. The van der Waals surface area contributed by atoms with E-state index in [1.54, 1.807) is 0 Å². The molecule has 0 unspecified atom stereocenters. The zero-order chi connectivity index (χ0) is 12.7. The monoisotopic (exact) mass is 218 g/mol. The van der Waals surface area contributed by atoms with Crippen LogP contribution in [-0.2, 0) is 0 Å². The van der Waals surface area contributed by atoms with Crippen LogP contribution in [0.4, 0.5) is 0 Å². The van der Waals surface area contributed by atoms with Crippen molar-refractivity contribution in [1.29, 1.82) is 0 Å². The van der Waals surface area contributed by atoms with Crippen molar-refractivity contribution in [1.82, 2.24) is 9.80 Å². The molecule has 0 aromatic carbocycles. The Morgan fingerprint density at radius 1 is 0.667 bits per heavy atom. The maximum absolute atomic E-state index is 2.21. The highest BCUT2D eigenvalue weighted by molar-refractivity contribution is 4.39. The first-order valence-electron chi connectivity index (χ1n) is 6.34. The molecule has 0 saturated carbocycles. The molecular weight excluding hydrogens is 184 g/mol. The quantitative estimate of drug-likeness (QED) is 0.698. The van der Waals surface area contributed by atoms with Gasteiger partial charge in [-0.05, 0) is 54.1 Å². The molecule has 0 radical (unpaired) electrons. The SMILES string of the molecule is CC.CCCCN(C)C.CCCN(C)C. The summed E-state index contributed by atoms with van der Waals surface area (Å²) in [6.45, 7) is 10.8. The van der Waals surface area contributed by atoms with Gasteiger partial charge in [0, 0.05) is 0 Å². The molecule has 2 nitrogen and oxygen atoms in total. The van der Waals surface area contributed by atoms with Gasteiger partial charge in [-0.25, -0.2) is 0 Å².